The SMILES string of the molecule is COC1CCN(S(=O)(=O)c2cccc(CN)c2C)C1. The number of hydrogen-bond donors (Lipinski definition) is 1. The minimum absolute atomic E-state index is 0.00669. The Hall–Kier alpha value is -0.950. The molecule has 0 saturated carbocycles. The van der Waals surface area contributed by atoms with Crippen LogP contribution in [0.4, 0.5) is 0 Å². The second-order valence-corrected chi connectivity index (χ2v) is 6.66. The van der Waals surface area contributed by atoms with E-state index in [2.05, 4.69) is 0 Å². The molecule has 1 heterocycles. The summed E-state index contributed by atoms with van der Waals surface area (Å²) in [6.07, 6.45) is 0.735. The Bertz CT molecular complexity index is 557. The van der Waals surface area contributed by atoms with Crippen molar-refractivity contribution in [1.29, 1.82) is 0 Å². The molecule has 1 aromatic rings. The molecular formula is C13H20N2O3S. The first-order chi connectivity index (χ1) is 9.00. The zero-order valence-corrected chi connectivity index (χ0v) is 12.1. The number of ether oxygens (including phenoxy) is 1. The Morgan fingerprint density at radius 3 is 2.79 bits per heavy atom. The minimum Gasteiger partial charge on any atom is -0.380 e. The van der Waals surface area contributed by atoms with Gasteiger partial charge in [-0.2, -0.15) is 4.31 Å². The van der Waals surface area contributed by atoms with E-state index < -0.39 is 10.0 Å². The smallest absolute Gasteiger partial charge is 0.243 e. The van der Waals surface area contributed by atoms with E-state index >= 15 is 0 Å². The summed E-state index contributed by atoms with van der Waals surface area (Å²) in [5.74, 6) is 0. The molecule has 0 bridgehead atoms. The van der Waals surface area contributed by atoms with Crippen LogP contribution in [0.3, 0.4) is 0 Å². The summed E-state index contributed by atoms with van der Waals surface area (Å²) < 4.78 is 31.9. The first-order valence-electron chi connectivity index (χ1n) is 6.32. The summed E-state index contributed by atoms with van der Waals surface area (Å²) >= 11 is 0. The number of sulfonamides is 1. The number of methoxy groups -OCH3 is 1. The van der Waals surface area contributed by atoms with E-state index in [1.54, 1.807) is 26.2 Å². The number of rotatable bonds is 4. The van der Waals surface area contributed by atoms with Gasteiger partial charge in [0.15, 0.2) is 0 Å². The zero-order chi connectivity index (χ0) is 14.0. The van der Waals surface area contributed by atoms with E-state index in [1.165, 1.54) is 4.31 Å². The van der Waals surface area contributed by atoms with Crippen molar-refractivity contribution >= 4 is 10.0 Å². The van der Waals surface area contributed by atoms with Crippen LogP contribution in [0.5, 0.6) is 0 Å². The van der Waals surface area contributed by atoms with Crippen LogP contribution >= 0.6 is 0 Å². The highest BCUT2D eigenvalue weighted by atomic mass is 32.2. The molecule has 1 unspecified atom stereocenters. The minimum atomic E-state index is -3.45. The average molecular weight is 284 g/mol. The molecule has 1 aliphatic rings. The lowest BCUT2D eigenvalue weighted by molar-refractivity contribution is 0.115. The molecular weight excluding hydrogens is 264 g/mol. The molecule has 2 rings (SSSR count). The highest BCUT2D eigenvalue weighted by Crippen LogP contribution is 2.26. The molecule has 1 aliphatic heterocycles. The van der Waals surface area contributed by atoms with Crippen molar-refractivity contribution in [2.45, 2.75) is 30.9 Å². The van der Waals surface area contributed by atoms with Crippen molar-refractivity contribution in [3.63, 3.8) is 0 Å². The molecule has 2 N–H and O–H groups in total. The second-order valence-electron chi connectivity index (χ2n) is 4.75. The first kappa shape index (κ1) is 14.5. The number of nitrogens with two attached hydrogens (primary N) is 1. The van der Waals surface area contributed by atoms with Gasteiger partial charge in [0.2, 0.25) is 10.0 Å². The standard InChI is InChI=1S/C13H20N2O3S/c1-10-11(8-14)4-3-5-13(10)19(16,17)15-7-6-12(9-15)18-2/h3-5,12H,6-9,14H2,1-2H3. The third-order valence-corrected chi connectivity index (χ3v) is 5.68. The number of benzene rings is 1. The zero-order valence-electron chi connectivity index (χ0n) is 11.3. The lowest BCUT2D eigenvalue weighted by Crippen LogP contribution is -2.30. The summed E-state index contributed by atoms with van der Waals surface area (Å²) in [7, 11) is -1.84. The fourth-order valence-corrected chi connectivity index (χ4v) is 4.16. The van der Waals surface area contributed by atoms with Gasteiger partial charge in [0.1, 0.15) is 0 Å². The molecule has 5 nitrogen and oxygen atoms in total. The molecule has 6 heteroatoms. The number of nitrogens with zero attached hydrogens (tertiary/aromatic N) is 1. The molecule has 1 fully saturated rings. The van der Waals surface area contributed by atoms with Gasteiger partial charge >= 0.3 is 0 Å². The van der Waals surface area contributed by atoms with Crippen molar-refractivity contribution < 1.29 is 13.2 Å². The summed E-state index contributed by atoms with van der Waals surface area (Å²) in [5, 5.41) is 0. The van der Waals surface area contributed by atoms with E-state index in [-0.39, 0.29) is 6.10 Å². The molecule has 1 atom stereocenters. The van der Waals surface area contributed by atoms with Crippen LogP contribution in [0, 0.1) is 6.92 Å². The maximum absolute atomic E-state index is 12.6. The van der Waals surface area contributed by atoms with Crippen molar-refractivity contribution in [1.82, 2.24) is 4.31 Å². The Labute approximate surface area is 114 Å². The second kappa shape index (κ2) is 5.58. The van der Waals surface area contributed by atoms with Gasteiger partial charge in [-0.25, -0.2) is 8.42 Å². The van der Waals surface area contributed by atoms with E-state index in [1.807, 2.05) is 6.07 Å². The van der Waals surface area contributed by atoms with Crippen molar-refractivity contribution in [2.24, 2.45) is 5.73 Å². The van der Waals surface area contributed by atoms with Crippen molar-refractivity contribution in [3.05, 3.63) is 29.3 Å². The molecule has 19 heavy (non-hydrogen) atoms. The summed E-state index contributed by atoms with van der Waals surface area (Å²) in [6.45, 7) is 3.08. The van der Waals surface area contributed by atoms with E-state index in [0.717, 1.165) is 17.5 Å². The normalized spacial score (nSPS) is 20.9. The van der Waals surface area contributed by atoms with Crippen LogP contribution in [0.15, 0.2) is 23.1 Å². The van der Waals surface area contributed by atoms with Crippen LogP contribution in [0.2, 0.25) is 0 Å². The lowest BCUT2D eigenvalue weighted by atomic mass is 10.1. The predicted molar refractivity (Wildman–Crippen MR) is 73.2 cm³/mol. The van der Waals surface area contributed by atoms with Gasteiger partial charge in [0, 0.05) is 26.7 Å². The number of hydrogen-bond acceptors (Lipinski definition) is 4. The molecule has 0 aliphatic carbocycles. The Morgan fingerprint density at radius 1 is 1.47 bits per heavy atom. The van der Waals surface area contributed by atoms with Gasteiger partial charge in [-0.15, -0.1) is 0 Å². The van der Waals surface area contributed by atoms with Crippen LogP contribution in [-0.4, -0.2) is 39.0 Å². The maximum atomic E-state index is 12.6. The van der Waals surface area contributed by atoms with Gasteiger partial charge in [-0.3, -0.25) is 0 Å². The van der Waals surface area contributed by atoms with Crippen molar-refractivity contribution in [3.8, 4) is 0 Å². The fourth-order valence-electron chi connectivity index (χ4n) is 2.41. The van der Waals surface area contributed by atoms with Crippen LogP contribution in [0.1, 0.15) is 17.5 Å². The molecule has 1 aromatic carbocycles. The van der Waals surface area contributed by atoms with Crippen molar-refractivity contribution in [2.75, 3.05) is 20.2 Å². The van der Waals surface area contributed by atoms with Gasteiger partial charge in [0.05, 0.1) is 11.0 Å². The quantitative estimate of drug-likeness (QED) is 0.890. The predicted octanol–water partition coefficient (Wildman–Crippen LogP) is 0.863. The molecule has 1 saturated heterocycles. The van der Waals surface area contributed by atoms with Gasteiger partial charge in [-0.1, -0.05) is 12.1 Å². The third-order valence-electron chi connectivity index (χ3n) is 3.68. The van der Waals surface area contributed by atoms with Gasteiger partial charge in [0.25, 0.3) is 0 Å². The van der Waals surface area contributed by atoms with Crippen LogP contribution < -0.4 is 5.73 Å². The van der Waals surface area contributed by atoms with E-state index in [9.17, 15) is 8.42 Å². The Balaban J connectivity index is 2.35. The summed E-state index contributed by atoms with van der Waals surface area (Å²) in [4.78, 5) is 0.354. The van der Waals surface area contributed by atoms with Gasteiger partial charge in [-0.05, 0) is 30.5 Å². The average Bonchev–Trinajstić information content (AvgIpc) is 2.88. The largest absolute Gasteiger partial charge is 0.380 e. The lowest BCUT2D eigenvalue weighted by Gasteiger charge is -2.18. The van der Waals surface area contributed by atoms with E-state index in [4.69, 9.17) is 10.5 Å². The highest BCUT2D eigenvalue weighted by molar-refractivity contribution is 7.89. The Kier molecular flexibility index (Phi) is 4.25. The molecule has 0 aromatic heterocycles. The Morgan fingerprint density at radius 2 is 2.21 bits per heavy atom. The van der Waals surface area contributed by atoms with Gasteiger partial charge < -0.3 is 10.5 Å². The molecule has 0 radical (unpaired) electrons. The highest BCUT2D eigenvalue weighted by Gasteiger charge is 2.33. The summed E-state index contributed by atoms with van der Waals surface area (Å²) in [6, 6.07) is 5.24. The van der Waals surface area contributed by atoms with Crippen LogP contribution in [0.25, 0.3) is 0 Å². The fraction of sp³-hybridized carbons (Fsp3) is 0.538. The first-order valence-corrected chi connectivity index (χ1v) is 7.76. The monoisotopic (exact) mass is 284 g/mol. The summed E-state index contributed by atoms with van der Waals surface area (Å²) in [5.41, 5.74) is 7.24. The topological polar surface area (TPSA) is 72.6 Å². The molecule has 0 amide bonds. The van der Waals surface area contributed by atoms with Crippen LogP contribution in [-0.2, 0) is 21.3 Å². The third kappa shape index (κ3) is 2.67. The molecule has 106 valence electrons. The maximum Gasteiger partial charge on any atom is 0.243 e. The molecule has 0 spiro atoms. The van der Waals surface area contributed by atoms with E-state index in [0.29, 0.717) is 24.5 Å².